The molecule has 0 aromatic heterocycles. The average Bonchev–Trinajstić information content (AvgIpc) is 1.61. The van der Waals surface area contributed by atoms with Crippen molar-refractivity contribution in [2.45, 2.75) is 0 Å². The zero-order valence-corrected chi connectivity index (χ0v) is 7.86. The SMILES string of the molecule is O=S(=O)([O-])[O-].[NH-]CC[NH-].[Pt+4]. The summed E-state index contributed by atoms with van der Waals surface area (Å²) in [5.74, 6) is 0. The van der Waals surface area contributed by atoms with E-state index in [0.717, 1.165) is 0 Å². The van der Waals surface area contributed by atoms with E-state index in [2.05, 4.69) is 0 Å². The predicted octanol–water partition coefficient (Wildman–Crippen LogP) is -0.250. The van der Waals surface area contributed by atoms with E-state index in [-0.39, 0.29) is 34.2 Å². The molecule has 0 aliphatic heterocycles. The van der Waals surface area contributed by atoms with Crippen LogP contribution in [0.15, 0.2) is 0 Å². The van der Waals surface area contributed by atoms with Crippen molar-refractivity contribution in [3.8, 4) is 0 Å². The molecule has 0 fully saturated rings. The molecule has 6 nitrogen and oxygen atoms in total. The first-order valence-corrected chi connectivity index (χ1v) is 3.21. The minimum absolute atomic E-state index is 0. The first-order chi connectivity index (χ1) is 3.91. The Hall–Kier alpha value is 0.478. The third-order valence-corrected chi connectivity index (χ3v) is 0.125. The standard InChI is InChI=1S/C2H6N2.H2O4S.Pt/c3-1-2-4;1-5(2,3)4;/h3-4H,1-2H2;(H2,1,2,3,4);/q-2;;+4/p-2. The summed E-state index contributed by atoms with van der Waals surface area (Å²) in [6.07, 6.45) is 0. The van der Waals surface area contributed by atoms with Gasteiger partial charge in [-0.25, -0.2) is 0 Å². The Morgan fingerprint density at radius 1 is 1.10 bits per heavy atom. The fraction of sp³-hybridized carbons (Fsp3) is 1.00. The largest absolute Gasteiger partial charge is 4.00 e. The molecule has 0 bridgehead atoms. The number of nitrogens with one attached hydrogen (secondary N) is 2. The summed E-state index contributed by atoms with van der Waals surface area (Å²) >= 11 is 0. The minimum atomic E-state index is -5.17. The Morgan fingerprint density at radius 3 is 1.20 bits per heavy atom. The van der Waals surface area contributed by atoms with Gasteiger partial charge < -0.3 is 20.6 Å². The molecular formula is C2H6N2O4PtS. The molecule has 0 radical (unpaired) electrons. The van der Waals surface area contributed by atoms with Gasteiger partial charge in [0.2, 0.25) is 0 Å². The molecule has 0 spiro atoms. The van der Waals surface area contributed by atoms with Crippen LogP contribution in [0.1, 0.15) is 0 Å². The Bertz CT molecular complexity index is 124. The number of hydrogen-bond donors (Lipinski definition) is 0. The van der Waals surface area contributed by atoms with E-state index in [9.17, 15) is 0 Å². The van der Waals surface area contributed by atoms with Crippen LogP contribution in [0.25, 0.3) is 11.5 Å². The molecular weight excluding hydrogens is 343 g/mol. The minimum Gasteiger partial charge on any atom is -0.759 e. The Kier molecular flexibility index (Phi) is 16.0. The quantitative estimate of drug-likeness (QED) is 0.477. The van der Waals surface area contributed by atoms with Gasteiger partial charge in [-0.1, -0.05) is 0 Å². The summed E-state index contributed by atoms with van der Waals surface area (Å²) in [4.78, 5) is 0. The Labute approximate surface area is 73.8 Å². The molecule has 0 amide bonds. The second-order valence-corrected chi connectivity index (χ2v) is 1.72. The predicted molar refractivity (Wildman–Crippen MR) is 28.9 cm³/mol. The van der Waals surface area contributed by atoms with Crippen molar-refractivity contribution in [3.05, 3.63) is 11.5 Å². The van der Waals surface area contributed by atoms with Crippen molar-refractivity contribution < 1.29 is 38.6 Å². The zero-order valence-electron chi connectivity index (χ0n) is 4.77. The molecule has 0 aliphatic carbocycles. The van der Waals surface area contributed by atoms with Gasteiger partial charge in [0, 0.05) is 10.4 Å². The zero-order chi connectivity index (χ0) is 7.91. The monoisotopic (exact) mass is 349 g/mol. The van der Waals surface area contributed by atoms with Gasteiger partial charge in [0.1, 0.15) is 0 Å². The average molecular weight is 349 g/mol. The van der Waals surface area contributed by atoms with Crippen LogP contribution in [0, 0.1) is 0 Å². The molecule has 0 aromatic rings. The molecule has 0 saturated carbocycles. The first-order valence-electron chi connectivity index (χ1n) is 1.87. The van der Waals surface area contributed by atoms with E-state index >= 15 is 0 Å². The van der Waals surface area contributed by atoms with Gasteiger partial charge in [-0.2, -0.15) is 13.1 Å². The maximum Gasteiger partial charge on any atom is 4.00 e. The second-order valence-electron chi connectivity index (χ2n) is 0.908. The van der Waals surface area contributed by atoms with Gasteiger partial charge in [0.05, 0.1) is 0 Å². The van der Waals surface area contributed by atoms with Crippen molar-refractivity contribution >= 4 is 10.4 Å². The van der Waals surface area contributed by atoms with Crippen LogP contribution in [0.3, 0.4) is 0 Å². The van der Waals surface area contributed by atoms with E-state index in [1.54, 1.807) is 0 Å². The van der Waals surface area contributed by atoms with Crippen LogP contribution in [0.2, 0.25) is 0 Å². The molecule has 0 saturated heterocycles. The fourth-order valence-corrected chi connectivity index (χ4v) is 0. The van der Waals surface area contributed by atoms with Crippen molar-refractivity contribution in [2.24, 2.45) is 0 Å². The van der Waals surface area contributed by atoms with Gasteiger partial charge in [0.15, 0.2) is 0 Å². The number of hydrogen-bond acceptors (Lipinski definition) is 4. The molecule has 0 rings (SSSR count). The molecule has 0 heterocycles. The van der Waals surface area contributed by atoms with Gasteiger partial charge in [-0.15, -0.1) is 0 Å². The summed E-state index contributed by atoms with van der Waals surface area (Å²) < 4.78 is 34.1. The second kappa shape index (κ2) is 9.48. The number of rotatable bonds is 1. The molecule has 2 N–H and O–H groups in total. The topological polar surface area (TPSA) is 128 Å². The third kappa shape index (κ3) is 217. The maximum atomic E-state index is 8.52. The smallest absolute Gasteiger partial charge is 0.759 e. The first kappa shape index (κ1) is 16.8. The normalized spacial score (nSPS) is 8.80. The molecule has 0 aliphatic rings. The van der Waals surface area contributed by atoms with Gasteiger partial charge in [-0.05, 0) is 0 Å². The molecule has 8 heteroatoms. The van der Waals surface area contributed by atoms with Crippen molar-refractivity contribution in [3.63, 3.8) is 0 Å². The third-order valence-electron chi connectivity index (χ3n) is 0.125. The maximum absolute atomic E-state index is 8.52. The van der Waals surface area contributed by atoms with Crippen molar-refractivity contribution in [1.29, 1.82) is 0 Å². The van der Waals surface area contributed by atoms with Gasteiger partial charge in [0.25, 0.3) is 0 Å². The molecule has 0 aromatic carbocycles. The van der Waals surface area contributed by atoms with Gasteiger partial charge in [-0.3, -0.25) is 8.42 Å². The van der Waals surface area contributed by atoms with E-state index < -0.39 is 10.4 Å². The van der Waals surface area contributed by atoms with E-state index in [0.29, 0.717) is 0 Å². The van der Waals surface area contributed by atoms with Crippen LogP contribution in [0.4, 0.5) is 0 Å². The Morgan fingerprint density at radius 2 is 1.20 bits per heavy atom. The van der Waals surface area contributed by atoms with Gasteiger partial charge >= 0.3 is 21.1 Å². The van der Waals surface area contributed by atoms with E-state index in [1.165, 1.54) is 0 Å². The van der Waals surface area contributed by atoms with Crippen LogP contribution in [0.5, 0.6) is 0 Å². The summed E-state index contributed by atoms with van der Waals surface area (Å²) in [6.45, 7) is 0.472. The molecule has 10 heavy (non-hydrogen) atoms. The fourth-order valence-electron chi connectivity index (χ4n) is 0. The van der Waals surface area contributed by atoms with E-state index in [4.69, 9.17) is 29.0 Å². The van der Waals surface area contributed by atoms with Crippen LogP contribution in [-0.2, 0) is 31.5 Å². The van der Waals surface area contributed by atoms with Crippen LogP contribution < -0.4 is 0 Å². The Balaban J connectivity index is -0.0000000910. The molecule has 64 valence electrons. The summed E-state index contributed by atoms with van der Waals surface area (Å²) in [6, 6.07) is 0. The van der Waals surface area contributed by atoms with E-state index in [1.807, 2.05) is 0 Å². The molecule has 0 unspecified atom stereocenters. The van der Waals surface area contributed by atoms with Crippen LogP contribution >= 0.6 is 0 Å². The molecule has 0 atom stereocenters. The van der Waals surface area contributed by atoms with Crippen molar-refractivity contribution in [2.75, 3.05) is 13.1 Å². The van der Waals surface area contributed by atoms with Crippen molar-refractivity contribution in [1.82, 2.24) is 0 Å². The summed E-state index contributed by atoms with van der Waals surface area (Å²) in [7, 11) is -5.17. The van der Waals surface area contributed by atoms with Crippen LogP contribution in [-0.4, -0.2) is 30.6 Å². The summed E-state index contributed by atoms with van der Waals surface area (Å²) in [5.41, 5.74) is 12.5. The summed E-state index contributed by atoms with van der Waals surface area (Å²) in [5, 5.41) is 0.